The van der Waals surface area contributed by atoms with Gasteiger partial charge in [-0.1, -0.05) is 0 Å². The Balaban J connectivity index is 0.00000261. The van der Waals surface area contributed by atoms with Crippen LogP contribution < -0.4 is 10.6 Å². The minimum Gasteiger partial charge on any atom is -0.468 e. The standard InChI is InChI=1S/C19H30N6O.HI/c1-2-21-19(22-8-6-10-24-13-9-20-16-24)23-15-17(18-7-5-14-26-18)25-11-3-4-12-25;/h5,7,9,13-14,16-17H,2-4,6,8,10-12,15H2,1H3,(H2,21,22,23);1H. The first kappa shape index (κ1) is 21.7. The molecule has 150 valence electrons. The molecule has 0 aliphatic carbocycles. The Morgan fingerprint density at radius 1 is 1.33 bits per heavy atom. The van der Waals surface area contributed by atoms with Gasteiger partial charge in [-0.2, -0.15) is 0 Å². The number of halogens is 1. The van der Waals surface area contributed by atoms with E-state index in [4.69, 9.17) is 9.41 Å². The first-order chi connectivity index (χ1) is 12.9. The molecule has 0 radical (unpaired) electrons. The van der Waals surface area contributed by atoms with Crippen LogP contribution in [0.5, 0.6) is 0 Å². The summed E-state index contributed by atoms with van der Waals surface area (Å²) in [5.74, 6) is 1.88. The van der Waals surface area contributed by atoms with E-state index in [9.17, 15) is 0 Å². The number of nitrogens with zero attached hydrogens (tertiary/aromatic N) is 4. The number of guanidine groups is 1. The molecule has 1 saturated heterocycles. The first-order valence-corrected chi connectivity index (χ1v) is 9.62. The van der Waals surface area contributed by atoms with Crippen LogP contribution in [-0.2, 0) is 6.54 Å². The molecule has 0 saturated carbocycles. The molecule has 3 heterocycles. The molecule has 2 aromatic heterocycles. The lowest BCUT2D eigenvalue weighted by atomic mass is 10.2. The minimum atomic E-state index is 0. The van der Waals surface area contributed by atoms with Gasteiger partial charge in [-0.3, -0.25) is 9.89 Å². The van der Waals surface area contributed by atoms with Crippen LogP contribution in [0.15, 0.2) is 46.5 Å². The van der Waals surface area contributed by atoms with Gasteiger partial charge in [0, 0.05) is 32.0 Å². The molecule has 1 atom stereocenters. The molecule has 0 spiro atoms. The lowest BCUT2D eigenvalue weighted by Crippen LogP contribution is -2.39. The maximum atomic E-state index is 5.68. The van der Waals surface area contributed by atoms with E-state index in [0.29, 0.717) is 6.54 Å². The van der Waals surface area contributed by atoms with Gasteiger partial charge in [0.1, 0.15) is 5.76 Å². The van der Waals surface area contributed by atoms with Gasteiger partial charge in [-0.25, -0.2) is 4.98 Å². The number of likely N-dealkylation sites (tertiary alicyclic amines) is 1. The summed E-state index contributed by atoms with van der Waals surface area (Å²) in [4.78, 5) is 11.4. The van der Waals surface area contributed by atoms with Crippen LogP contribution in [0.25, 0.3) is 0 Å². The molecule has 3 rings (SSSR count). The van der Waals surface area contributed by atoms with E-state index in [1.54, 1.807) is 6.26 Å². The van der Waals surface area contributed by atoms with Crippen LogP contribution in [0.2, 0.25) is 0 Å². The average Bonchev–Trinajstić information content (AvgIpc) is 3.42. The van der Waals surface area contributed by atoms with Gasteiger partial charge < -0.3 is 19.6 Å². The zero-order chi connectivity index (χ0) is 18.0. The zero-order valence-electron chi connectivity index (χ0n) is 16.0. The van der Waals surface area contributed by atoms with Crippen molar-refractivity contribution in [3.8, 4) is 0 Å². The van der Waals surface area contributed by atoms with Gasteiger partial charge in [0.25, 0.3) is 0 Å². The monoisotopic (exact) mass is 486 g/mol. The Morgan fingerprint density at radius 2 is 2.19 bits per heavy atom. The third-order valence-electron chi connectivity index (χ3n) is 4.66. The Kier molecular flexibility index (Phi) is 9.68. The van der Waals surface area contributed by atoms with Gasteiger partial charge >= 0.3 is 0 Å². The van der Waals surface area contributed by atoms with E-state index in [1.807, 2.05) is 24.8 Å². The Labute approximate surface area is 178 Å². The van der Waals surface area contributed by atoms with Crippen molar-refractivity contribution in [3.63, 3.8) is 0 Å². The first-order valence-electron chi connectivity index (χ1n) is 9.62. The number of nitrogens with one attached hydrogen (secondary N) is 2. The second kappa shape index (κ2) is 12.0. The Morgan fingerprint density at radius 3 is 2.85 bits per heavy atom. The fourth-order valence-corrected chi connectivity index (χ4v) is 3.33. The maximum absolute atomic E-state index is 5.68. The summed E-state index contributed by atoms with van der Waals surface area (Å²) in [6.07, 6.45) is 10.9. The van der Waals surface area contributed by atoms with Crippen LogP contribution in [0.4, 0.5) is 0 Å². The summed E-state index contributed by atoms with van der Waals surface area (Å²) in [6, 6.07) is 4.24. The highest BCUT2D eigenvalue weighted by Crippen LogP contribution is 2.25. The van der Waals surface area contributed by atoms with Crippen LogP contribution in [0.1, 0.15) is 38.0 Å². The smallest absolute Gasteiger partial charge is 0.191 e. The maximum Gasteiger partial charge on any atom is 0.191 e. The van der Waals surface area contributed by atoms with Crippen LogP contribution in [-0.4, -0.2) is 53.1 Å². The molecule has 7 nitrogen and oxygen atoms in total. The average molecular weight is 486 g/mol. The van der Waals surface area contributed by atoms with Crippen molar-refractivity contribution in [2.45, 2.75) is 38.8 Å². The number of aryl methyl sites for hydroxylation is 1. The van der Waals surface area contributed by atoms with Crippen molar-refractivity contribution in [1.29, 1.82) is 0 Å². The minimum absolute atomic E-state index is 0. The van der Waals surface area contributed by atoms with Gasteiger partial charge in [0.2, 0.25) is 0 Å². The van der Waals surface area contributed by atoms with E-state index >= 15 is 0 Å². The zero-order valence-corrected chi connectivity index (χ0v) is 18.3. The van der Waals surface area contributed by atoms with Crippen molar-refractivity contribution in [3.05, 3.63) is 42.9 Å². The number of aromatic nitrogens is 2. The Bertz CT molecular complexity index is 637. The molecule has 1 aliphatic heterocycles. The molecule has 27 heavy (non-hydrogen) atoms. The Hall–Kier alpha value is -1.55. The number of imidazole rings is 1. The highest BCUT2D eigenvalue weighted by atomic mass is 127. The van der Waals surface area contributed by atoms with Crippen LogP contribution in [0, 0.1) is 0 Å². The summed E-state index contributed by atoms with van der Waals surface area (Å²) < 4.78 is 7.77. The molecule has 0 amide bonds. The molecule has 0 aromatic carbocycles. The molecule has 1 aliphatic rings. The molecule has 8 heteroatoms. The highest BCUT2D eigenvalue weighted by Gasteiger charge is 2.25. The number of furan rings is 1. The third kappa shape index (κ3) is 6.84. The van der Waals surface area contributed by atoms with Crippen molar-refractivity contribution < 1.29 is 4.42 Å². The van der Waals surface area contributed by atoms with Gasteiger partial charge in [-0.05, 0) is 51.4 Å². The largest absolute Gasteiger partial charge is 0.468 e. The second-order valence-electron chi connectivity index (χ2n) is 6.57. The van der Waals surface area contributed by atoms with Crippen molar-refractivity contribution in [1.82, 2.24) is 25.1 Å². The van der Waals surface area contributed by atoms with Gasteiger partial charge in [-0.15, -0.1) is 24.0 Å². The van der Waals surface area contributed by atoms with Crippen molar-refractivity contribution >= 4 is 29.9 Å². The van der Waals surface area contributed by atoms with E-state index in [2.05, 4.69) is 38.1 Å². The SMILES string of the molecule is CCNC(=NCC(c1ccco1)N1CCCC1)NCCCn1ccnc1.I. The van der Waals surface area contributed by atoms with Crippen LogP contribution in [0.3, 0.4) is 0 Å². The number of aliphatic imine (C=N–C) groups is 1. The molecule has 2 aromatic rings. The van der Waals surface area contributed by atoms with E-state index < -0.39 is 0 Å². The van der Waals surface area contributed by atoms with E-state index in [1.165, 1.54) is 12.8 Å². The molecular weight excluding hydrogens is 455 g/mol. The van der Waals surface area contributed by atoms with Crippen molar-refractivity contribution in [2.24, 2.45) is 4.99 Å². The number of hydrogen-bond donors (Lipinski definition) is 2. The van der Waals surface area contributed by atoms with Crippen LogP contribution >= 0.6 is 24.0 Å². The topological polar surface area (TPSA) is 70.6 Å². The third-order valence-corrected chi connectivity index (χ3v) is 4.66. The molecular formula is C19H31IN6O. The van der Waals surface area contributed by atoms with Gasteiger partial charge in [0.15, 0.2) is 5.96 Å². The fraction of sp³-hybridized carbons (Fsp3) is 0.579. The van der Waals surface area contributed by atoms with Crippen molar-refractivity contribution in [2.75, 3.05) is 32.7 Å². The molecule has 0 bridgehead atoms. The summed E-state index contributed by atoms with van der Waals surface area (Å²) in [5.41, 5.74) is 0. The number of hydrogen-bond acceptors (Lipinski definition) is 4. The van der Waals surface area contributed by atoms with E-state index in [-0.39, 0.29) is 30.0 Å². The predicted octanol–water partition coefficient (Wildman–Crippen LogP) is 2.88. The summed E-state index contributed by atoms with van der Waals surface area (Å²) >= 11 is 0. The van der Waals surface area contributed by atoms with Gasteiger partial charge in [0.05, 0.1) is 25.2 Å². The fourth-order valence-electron chi connectivity index (χ4n) is 3.33. The molecule has 1 unspecified atom stereocenters. The molecule has 1 fully saturated rings. The number of rotatable bonds is 9. The predicted molar refractivity (Wildman–Crippen MR) is 118 cm³/mol. The lowest BCUT2D eigenvalue weighted by Gasteiger charge is -2.24. The summed E-state index contributed by atoms with van der Waals surface area (Å²) in [5, 5.41) is 6.77. The second-order valence-corrected chi connectivity index (χ2v) is 6.57. The molecule has 2 N–H and O–H groups in total. The van der Waals surface area contributed by atoms with E-state index in [0.717, 1.165) is 50.9 Å². The summed E-state index contributed by atoms with van der Waals surface area (Å²) in [6.45, 7) is 7.71. The highest BCUT2D eigenvalue weighted by molar-refractivity contribution is 14.0. The quantitative estimate of drug-likeness (QED) is 0.247. The normalized spacial score (nSPS) is 16.1. The lowest BCUT2D eigenvalue weighted by molar-refractivity contribution is 0.221. The summed E-state index contributed by atoms with van der Waals surface area (Å²) in [7, 11) is 0.